The summed E-state index contributed by atoms with van der Waals surface area (Å²) >= 11 is 0. The maximum absolute atomic E-state index is 12.3. The summed E-state index contributed by atoms with van der Waals surface area (Å²) in [6.07, 6.45) is 6.30. The van der Waals surface area contributed by atoms with E-state index in [1.54, 1.807) is 4.90 Å². The second-order valence-corrected chi connectivity index (χ2v) is 9.18. The maximum Gasteiger partial charge on any atom is 0.239 e. The Kier molecular flexibility index (Phi) is 8.12. The van der Waals surface area contributed by atoms with Crippen LogP contribution in [0.5, 0.6) is 0 Å². The Balaban J connectivity index is 1.72. The minimum absolute atomic E-state index is 0.0179. The lowest BCUT2D eigenvalue weighted by molar-refractivity contribution is -0.131. The highest BCUT2D eigenvalue weighted by Crippen LogP contribution is 2.24. The van der Waals surface area contributed by atoms with E-state index in [-0.39, 0.29) is 18.1 Å². The Labute approximate surface area is 151 Å². The number of likely N-dealkylation sites (tertiary alicyclic amines) is 1. The van der Waals surface area contributed by atoms with E-state index in [0.29, 0.717) is 32.2 Å². The largest absolute Gasteiger partial charge is 0.378 e. The predicted molar refractivity (Wildman–Crippen MR) is 97.6 cm³/mol. The highest BCUT2D eigenvalue weighted by Gasteiger charge is 2.29. The fourth-order valence-electron chi connectivity index (χ4n) is 3.53. The molecule has 1 saturated carbocycles. The van der Waals surface area contributed by atoms with Gasteiger partial charge in [0.25, 0.3) is 0 Å². The molecular formula is C17H33N3O4S. The van der Waals surface area contributed by atoms with Crippen LogP contribution in [-0.2, 0) is 19.6 Å². The van der Waals surface area contributed by atoms with Crippen LogP contribution >= 0.6 is 0 Å². The van der Waals surface area contributed by atoms with Gasteiger partial charge in [0.15, 0.2) is 0 Å². The van der Waals surface area contributed by atoms with Gasteiger partial charge in [-0.25, -0.2) is 13.1 Å². The van der Waals surface area contributed by atoms with Gasteiger partial charge in [-0.05, 0) is 57.4 Å². The minimum atomic E-state index is -3.56. The van der Waals surface area contributed by atoms with E-state index in [0.717, 1.165) is 44.9 Å². The van der Waals surface area contributed by atoms with Gasteiger partial charge in [-0.15, -0.1) is 0 Å². The van der Waals surface area contributed by atoms with E-state index in [1.807, 2.05) is 0 Å². The fraction of sp³-hybridized carbons (Fsp3) is 0.941. The number of ether oxygens (including phenoxy) is 1. The van der Waals surface area contributed by atoms with Gasteiger partial charge in [-0.3, -0.25) is 4.79 Å². The van der Waals surface area contributed by atoms with E-state index in [1.165, 1.54) is 0 Å². The summed E-state index contributed by atoms with van der Waals surface area (Å²) in [6, 6.07) is -0.0179. The highest BCUT2D eigenvalue weighted by molar-refractivity contribution is 7.90. The Morgan fingerprint density at radius 3 is 2.40 bits per heavy atom. The summed E-state index contributed by atoms with van der Waals surface area (Å²) in [5.74, 6) is -0.0922. The number of nitrogens with two attached hydrogens (primary N) is 1. The standard InChI is InChI=1S/C17H33N3O4S/c1-14-3-5-15(6-4-14)19-25(22,23)13-17(21)20-10-7-16(8-11-20)24-12-2-9-18/h14-16,19H,2-13,18H2,1H3. The Hall–Kier alpha value is -0.700. The van der Waals surface area contributed by atoms with Crippen molar-refractivity contribution in [3.05, 3.63) is 0 Å². The quantitative estimate of drug-likeness (QED) is 0.612. The molecule has 0 radical (unpaired) electrons. The van der Waals surface area contributed by atoms with Crippen LogP contribution in [0.15, 0.2) is 0 Å². The van der Waals surface area contributed by atoms with Crippen LogP contribution in [0.1, 0.15) is 51.9 Å². The van der Waals surface area contributed by atoms with Gasteiger partial charge in [0.1, 0.15) is 5.75 Å². The highest BCUT2D eigenvalue weighted by atomic mass is 32.2. The number of hydrogen-bond donors (Lipinski definition) is 2. The number of hydrogen-bond acceptors (Lipinski definition) is 5. The van der Waals surface area contributed by atoms with Crippen molar-refractivity contribution in [2.24, 2.45) is 11.7 Å². The molecule has 0 spiro atoms. The summed E-state index contributed by atoms with van der Waals surface area (Å²) in [6.45, 7) is 4.57. The molecule has 1 aliphatic carbocycles. The Bertz CT molecular complexity index is 510. The first-order chi connectivity index (χ1) is 11.9. The number of rotatable bonds is 8. The molecule has 2 rings (SSSR count). The molecular weight excluding hydrogens is 342 g/mol. The van der Waals surface area contributed by atoms with E-state index in [4.69, 9.17) is 10.5 Å². The number of sulfonamides is 1. The third kappa shape index (κ3) is 7.21. The summed E-state index contributed by atoms with van der Waals surface area (Å²) in [7, 11) is -3.56. The van der Waals surface area contributed by atoms with Crippen LogP contribution in [0, 0.1) is 5.92 Å². The smallest absolute Gasteiger partial charge is 0.239 e. The molecule has 3 N–H and O–H groups in total. The number of carbonyl (C=O) groups is 1. The Morgan fingerprint density at radius 2 is 1.80 bits per heavy atom. The van der Waals surface area contributed by atoms with Crippen molar-refractivity contribution < 1.29 is 17.9 Å². The SMILES string of the molecule is CC1CCC(NS(=O)(=O)CC(=O)N2CCC(OCCCN)CC2)CC1. The van der Waals surface area contributed by atoms with Gasteiger partial charge >= 0.3 is 0 Å². The molecule has 2 aliphatic rings. The summed E-state index contributed by atoms with van der Waals surface area (Å²) in [4.78, 5) is 14.0. The van der Waals surface area contributed by atoms with Gasteiger partial charge in [0.05, 0.1) is 6.10 Å². The van der Waals surface area contributed by atoms with Crippen LogP contribution in [0.4, 0.5) is 0 Å². The van der Waals surface area contributed by atoms with Gasteiger partial charge < -0.3 is 15.4 Å². The van der Waals surface area contributed by atoms with Gasteiger partial charge in [0.2, 0.25) is 15.9 Å². The van der Waals surface area contributed by atoms with Gasteiger partial charge in [0, 0.05) is 25.7 Å². The molecule has 1 saturated heterocycles. The summed E-state index contributed by atoms with van der Waals surface area (Å²) < 4.78 is 33.0. The fourth-order valence-corrected chi connectivity index (χ4v) is 4.87. The number of nitrogens with zero attached hydrogens (tertiary/aromatic N) is 1. The molecule has 25 heavy (non-hydrogen) atoms. The lowest BCUT2D eigenvalue weighted by atomic mass is 9.88. The summed E-state index contributed by atoms with van der Waals surface area (Å²) in [5, 5.41) is 0. The zero-order valence-corrected chi connectivity index (χ0v) is 16.1. The average Bonchev–Trinajstić information content (AvgIpc) is 2.57. The zero-order valence-electron chi connectivity index (χ0n) is 15.3. The topological polar surface area (TPSA) is 102 Å². The van der Waals surface area contributed by atoms with Crippen LogP contribution in [0.2, 0.25) is 0 Å². The molecule has 0 unspecified atom stereocenters. The van der Waals surface area contributed by atoms with Gasteiger partial charge in [-0.1, -0.05) is 6.92 Å². The number of piperidine rings is 1. The molecule has 0 aromatic rings. The second-order valence-electron chi connectivity index (χ2n) is 7.43. The van der Waals surface area contributed by atoms with Crippen LogP contribution < -0.4 is 10.5 Å². The molecule has 1 heterocycles. The molecule has 1 amide bonds. The van der Waals surface area contributed by atoms with Crippen molar-refractivity contribution in [2.75, 3.05) is 32.0 Å². The van der Waals surface area contributed by atoms with E-state index < -0.39 is 15.8 Å². The lowest BCUT2D eigenvalue weighted by Crippen LogP contribution is -2.46. The van der Waals surface area contributed by atoms with Crippen molar-refractivity contribution in [1.82, 2.24) is 9.62 Å². The first-order valence-corrected chi connectivity index (χ1v) is 11.1. The predicted octanol–water partition coefficient (Wildman–Crippen LogP) is 0.841. The first-order valence-electron chi connectivity index (χ1n) is 9.49. The monoisotopic (exact) mass is 375 g/mol. The molecule has 0 bridgehead atoms. The molecule has 0 atom stereocenters. The van der Waals surface area contributed by atoms with E-state index in [9.17, 15) is 13.2 Å². The first kappa shape index (κ1) is 20.6. The molecule has 1 aliphatic heterocycles. The number of nitrogens with one attached hydrogen (secondary N) is 1. The third-order valence-corrected chi connectivity index (χ3v) is 6.49. The van der Waals surface area contributed by atoms with Crippen molar-refractivity contribution in [2.45, 2.75) is 64.0 Å². The van der Waals surface area contributed by atoms with Crippen molar-refractivity contribution in [3.63, 3.8) is 0 Å². The Morgan fingerprint density at radius 1 is 1.16 bits per heavy atom. The maximum atomic E-state index is 12.3. The molecule has 0 aromatic heterocycles. The molecule has 7 nitrogen and oxygen atoms in total. The number of amides is 1. The van der Waals surface area contributed by atoms with Gasteiger partial charge in [-0.2, -0.15) is 0 Å². The third-order valence-electron chi connectivity index (χ3n) is 5.17. The van der Waals surface area contributed by atoms with Crippen LogP contribution in [-0.4, -0.2) is 63.4 Å². The zero-order chi connectivity index (χ0) is 18.3. The van der Waals surface area contributed by atoms with Crippen LogP contribution in [0.25, 0.3) is 0 Å². The molecule has 2 fully saturated rings. The second kappa shape index (κ2) is 9.85. The van der Waals surface area contributed by atoms with Crippen molar-refractivity contribution in [1.29, 1.82) is 0 Å². The molecule has 0 aromatic carbocycles. The van der Waals surface area contributed by atoms with Crippen molar-refractivity contribution in [3.8, 4) is 0 Å². The van der Waals surface area contributed by atoms with Crippen LogP contribution in [0.3, 0.4) is 0 Å². The number of carbonyl (C=O) groups excluding carboxylic acids is 1. The van der Waals surface area contributed by atoms with Crippen molar-refractivity contribution >= 4 is 15.9 Å². The summed E-state index contributed by atoms with van der Waals surface area (Å²) in [5.41, 5.74) is 5.44. The van der Waals surface area contributed by atoms with E-state index >= 15 is 0 Å². The molecule has 146 valence electrons. The average molecular weight is 376 g/mol. The minimum Gasteiger partial charge on any atom is -0.378 e. The molecule has 8 heteroatoms. The van der Waals surface area contributed by atoms with E-state index in [2.05, 4.69) is 11.6 Å². The normalized spacial score (nSPS) is 25.9. The lowest BCUT2D eigenvalue weighted by Gasteiger charge is -2.32.